The van der Waals surface area contributed by atoms with Crippen LogP contribution in [0.25, 0.3) is 27.3 Å². The van der Waals surface area contributed by atoms with E-state index in [9.17, 15) is 0 Å². The molecular weight excluding hydrogens is 244 g/mol. The summed E-state index contributed by atoms with van der Waals surface area (Å²) in [6.07, 6.45) is 4.39. The van der Waals surface area contributed by atoms with E-state index in [-0.39, 0.29) is 0 Å². The lowest BCUT2D eigenvalue weighted by molar-refractivity contribution is -0.657. The van der Waals surface area contributed by atoms with Crippen LogP contribution >= 0.6 is 0 Å². The molecule has 3 heterocycles. The van der Waals surface area contributed by atoms with Crippen molar-refractivity contribution in [3.8, 4) is 0 Å². The lowest BCUT2D eigenvalue weighted by Gasteiger charge is -2.06. The van der Waals surface area contributed by atoms with E-state index >= 15 is 0 Å². The first kappa shape index (κ1) is 10.4. The molecule has 2 heteroatoms. The Labute approximate surface area is 116 Å². The van der Waals surface area contributed by atoms with E-state index < -0.39 is 0 Å². The SMILES string of the molecule is Cc1cc2c3c(c1)c1cc(C)ccc1n1cc[n+](c31)C2. The van der Waals surface area contributed by atoms with Crippen LogP contribution in [-0.2, 0) is 6.54 Å². The van der Waals surface area contributed by atoms with Crippen LogP contribution in [0.15, 0.2) is 42.7 Å². The highest BCUT2D eigenvalue weighted by Gasteiger charge is 2.27. The van der Waals surface area contributed by atoms with Crippen LogP contribution in [0.5, 0.6) is 0 Å². The molecule has 0 bridgehead atoms. The minimum atomic E-state index is 0.999. The first-order valence-corrected chi connectivity index (χ1v) is 7.08. The second kappa shape index (κ2) is 3.21. The van der Waals surface area contributed by atoms with Gasteiger partial charge in [-0.1, -0.05) is 29.3 Å². The fourth-order valence-electron chi connectivity index (χ4n) is 3.73. The Hall–Kier alpha value is -2.35. The highest BCUT2D eigenvalue weighted by atomic mass is 15.1. The number of aromatic nitrogens is 2. The van der Waals surface area contributed by atoms with Crippen molar-refractivity contribution in [2.24, 2.45) is 0 Å². The Kier molecular flexibility index (Phi) is 1.67. The van der Waals surface area contributed by atoms with Gasteiger partial charge in [-0.2, -0.15) is 4.40 Å². The van der Waals surface area contributed by atoms with E-state index in [1.807, 2.05) is 0 Å². The highest BCUT2D eigenvalue weighted by Crippen LogP contribution is 2.34. The Bertz CT molecular complexity index is 1040. The number of pyridine rings is 1. The molecule has 5 rings (SSSR count). The molecule has 1 aliphatic rings. The number of hydrogen-bond donors (Lipinski definition) is 0. The molecule has 0 saturated carbocycles. The Morgan fingerprint density at radius 3 is 2.75 bits per heavy atom. The molecule has 2 aromatic heterocycles. The van der Waals surface area contributed by atoms with Crippen LogP contribution in [0.4, 0.5) is 0 Å². The number of benzene rings is 2. The summed E-state index contributed by atoms with van der Waals surface area (Å²) in [5.41, 5.74) is 6.77. The molecule has 1 aliphatic heterocycles. The van der Waals surface area contributed by atoms with Crippen LogP contribution < -0.4 is 4.57 Å². The fourth-order valence-corrected chi connectivity index (χ4v) is 3.73. The molecule has 4 aromatic rings. The third-order valence-electron chi connectivity index (χ3n) is 4.53. The van der Waals surface area contributed by atoms with E-state index in [1.165, 1.54) is 44.0 Å². The van der Waals surface area contributed by atoms with Crippen molar-refractivity contribution < 1.29 is 4.57 Å². The summed E-state index contributed by atoms with van der Waals surface area (Å²) >= 11 is 0. The lowest BCUT2D eigenvalue weighted by Crippen LogP contribution is -2.28. The monoisotopic (exact) mass is 259 g/mol. The molecule has 0 fully saturated rings. The zero-order valence-corrected chi connectivity index (χ0v) is 11.6. The molecule has 0 saturated heterocycles. The lowest BCUT2D eigenvalue weighted by atomic mass is 9.99. The van der Waals surface area contributed by atoms with Gasteiger partial charge in [0, 0.05) is 16.3 Å². The van der Waals surface area contributed by atoms with E-state index in [1.54, 1.807) is 0 Å². The summed E-state index contributed by atoms with van der Waals surface area (Å²) in [6.45, 7) is 5.36. The minimum Gasteiger partial charge on any atom is -0.225 e. The van der Waals surface area contributed by atoms with Crippen molar-refractivity contribution in [3.05, 3.63) is 59.4 Å². The van der Waals surface area contributed by atoms with Crippen molar-refractivity contribution >= 4 is 27.3 Å². The van der Waals surface area contributed by atoms with Gasteiger partial charge >= 0.3 is 0 Å². The van der Waals surface area contributed by atoms with Gasteiger partial charge in [-0.15, -0.1) is 0 Å². The molecule has 2 aromatic carbocycles. The summed E-state index contributed by atoms with van der Waals surface area (Å²) < 4.78 is 4.69. The van der Waals surface area contributed by atoms with E-state index in [0.29, 0.717) is 0 Å². The predicted octanol–water partition coefficient (Wildman–Crippen LogP) is 3.51. The van der Waals surface area contributed by atoms with E-state index in [2.05, 4.69) is 65.5 Å². The number of imidazole rings is 1. The molecule has 96 valence electrons. The summed E-state index contributed by atoms with van der Waals surface area (Å²) in [6, 6.07) is 11.4. The fraction of sp³-hybridized carbons (Fsp3) is 0.167. The molecule has 0 atom stereocenters. The van der Waals surface area contributed by atoms with Gasteiger partial charge in [0.15, 0.2) is 0 Å². The van der Waals surface area contributed by atoms with Gasteiger partial charge < -0.3 is 0 Å². The van der Waals surface area contributed by atoms with Gasteiger partial charge in [0.1, 0.15) is 24.5 Å². The maximum atomic E-state index is 2.36. The third kappa shape index (κ3) is 1.08. The van der Waals surface area contributed by atoms with Crippen LogP contribution in [-0.4, -0.2) is 4.40 Å². The normalized spacial score (nSPS) is 13.3. The zero-order valence-electron chi connectivity index (χ0n) is 11.6. The molecule has 0 N–H and O–H groups in total. The molecule has 0 unspecified atom stereocenters. The van der Waals surface area contributed by atoms with Gasteiger partial charge in [0.2, 0.25) is 0 Å². The number of hydrogen-bond acceptors (Lipinski definition) is 0. The van der Waals surface area contributed by atoms with Crippen molar-refractivity contribution in [3.63, 3.8) is 0 Å². The number of fused-ring (bicyclic) bond motifs is 3. The Balaban J connectivity index is 2.23. The van der Waals surface area contributed by atoms with Crippen LogP contribution in [0, 0.1) is 13.8 Å². The quantitative estimate of drug-likeness (QED) is 0.297. The third-order valence-corrected chi connectivity index (χ3v) is 4.53. The number of nitrogens with zero attached hydrogens (tertiary/aromatic N) is 2. The van der Waals surface area contributed by atoms with Crippen molar-refractivity contribution in [1.82, 2.24) is 4.40 Å². The average molecular weight is 259 g/mol. The Morgan fingerprint density at radius 1 is 1.00 bits per heavy atom. The standard InChI is InChI=1S/C18H15N2/c1-11-3-4-16-14(8-11)15-9-12(2)7-13-10-19-5-6-20(16)18(19)17(13)15/h3-9H,10H2,1-2H3/q+1. The van der Waals surface area contributed by atoms with Gasteiger partial charge in [0.25, 0.3) is 5.65 Å². The van der Waals surface area contributed by atoms with Gasteiger partial charge in [-0.25, -0.2) is 4.57 Å². The van der Waals surface area contributed by atoms with Crippen molar-refractivity contribution in [1.29, 1.82) is 0 Å². The van der Waals surface area contributed by atoms with Crippen LogP contribution in [0.3, 0.4) is 0 Å². The highest BCUT2D eigenvalue weighted by molar-refractivity contribution is 6.13. The number of rotatable bonds is 0. The van der Waals surface area contributed by atoms with Crippen LogP contribution in [0.1, 0.15) is 16.7 Å². The summed E-state index contributed by atoms with van der Waals surface area (Å²) in [7, 11) is 0. The molecule has 2 nitrogen and oxygen atoms in total. The van der Waals surface area contributed by atoms with Gasteiger partial charge in [0.05, 0.1) is 5.39 Å². The zero-order chi connectivity index (χ0) is 13.4. The second-order valence-electron chi connectivity index (χ2n) is 5.99. The first-order chi connectivity index (χ1) is 9.72. The van der Waals surface area contributed by atoms with Gasteiger partial charge in [-0.3, -0.25) is 0 Å². The molecule has 20 heavy (non-hydrogen) atoms. The molecule has 0 aliphatic carbocycles. The largest absolute Gasteiger partial charge is 0.295 e. The van der Waals surface area contributed by atoms with Gasteiger partial charge in [-0.05, 0) is 26.0 Å². The minimum absolute atomic E-state index is 0.999. The summed E-state index contributed by atoms with van der Waals surface area (Å²) in [5, 5.41) is 4.19. The Morgan fingerprint density at radius 2 is 1.85 bits per heavy atom. The second-order valence-corrected chi connectivity index (χ2v) is 5.99. The van der Waals surface area contributed by atoms with Crippen molar-refractivity contribution in [2.75, 3.05) is 0 Å². The predicted molar refractivity (Wildman–Crippen MR) is 81.2 cm³/mol. The van der Waals surface area contributed by atoms with E-state index in [4.69, 9.17) is 0 Å². The topological polar surface area (TPSA) is 8.29 Å². The molecule has 0 amide bonds. The molecular formula is C18H15N2+. The summed E-state index contributed by atoms with van der Waals surface area (Å²) in [4.78, 5) is 0. The first-order valence-electron chi connectivity index (χ1n) is 7.08. The number of aryl methyl sites for hydroxylation is 2. The van der Waals surface area contributed by atoms with Crippen molar-refractivity contribution in [2.45, 2.75) is 20.4 Å². The molecule has 0 spiro atoms. The summed E-state index contributed by atoms with van der Waals surface area (Å²) in [5.74, 6) is 0. The van der Waals surface area contributed by atoms with Crippen LogP contribution in [0.2, 0.25) is 0 Å². The maximum Gasteiger partial charge on any atom is 0.295 e. The molecule has 0 radical (unpaired) electrons. The van der Waals surface area contributed by atoms with E-state index in [0.717, 1.165) is 6.54 Å². The smallest absolute Gasteiger partial charge is 0.225 e. The maximum absolute atomic E-state index is 2.36. The average Bonchev–Trinajstić information content (AvgIpc) is 2.96.